The fourth-order valence-electron chi connectivity index (χ4n) is 10.5. The summed E-state index contributed by atoms with van der Waals surface area (Å²) >= 11 is 0. The van der Waals surface area contributed by atoms with E-state index in [1.165, 1.54) is 27.7 Å². The van der Waals surface area contributed by atoms with Crippen molar-refractivity contribution in [2.45, 2.75) is 211 Å². The zero-order valence-corrected chi connectivity index (χ0v) is 64.4. The van der Waals surface area contributed by atoms with Gasteiger partial charge in [-0.3, -0.25) is 19.2 Å². The molecule has 0 saturated carbocycles. The number of hydrogen-bond acceptors (Lipinski definition) is 20. The second kappa shape index (κ2) is 39.7. The standard InChI is InChI=1S/C76H112N8O20/c1-21-93-25-29-97-61-49-33-51-39-58(82-66(86)46(6)78-70(90)102-74(12,13)14)41-53(62(51)98-30-26-94-22-2)35-55-43-60(84-68(88)48(8)80-72(92)104-76(18,19)20)44-56(64(55)100-32-28-96-24-4)36-54-42-59(83-67(87)47(7)79-71(91)103-75(15,16)17)40-52(63(54)99-31-27-95-23-3)34-50(61)38-57(37-49)81-65(85)45(5)77-69(89)101-73(9,10)11/h37-48H,21-36H2,1-20H3,(H,77,89)(H,78,90)(H,79,91)(H,80,92)(H,81,85)(H,82,86)(H,83,87)(H,84,88). The molecule has 0 heterocycles. The smallest absolute Gasteiger partial charge is 0.408 e. The van der Waals surface area contributed by atoms with Crippen LogP contribution in [0.1, 0.15) is 183 Å². The van der Waals surface area contributed by atoms with Crippen LogP contribution in [0.3, 0.4) is 0 Å². The molecule has 8 amide bonds. The zero-order valence-electron chi connectivity index (χ0n) is 64.4. The van der Waals surface area contributed by atoms with Crippen LogP contribution in [0.2, 0.25) is 0 Å². The number of carbonyl (C=O) groups excluding carboxylic acids is 8. The van der Waals surface area contributed by atoms with E-state index in [2.05, 4.69) is 42.5 Å². The van der Waals surface area contributed by atoms with Crippen LogP contribution in [-0.4, -0.2) is 174 Å². The minimum atomic E-state index is -1.14. The molecule has 1 aliphatic carbocycles. The predicted octanol–water partition coefficient (Wildman–Crippen LogP) is 11.4. The van der Waals surface area contributed by atoms with Gasteiger partial charge < -0.3 is 99.4 Å². The first kappa shape index (κ1) is 85.5. The second-order valence-electron chi connectivity index (χ2n) is 28.8. The van der Waals surface area contributed by atoms with E-state index >= 15 is 0 Å². The number of anilines is 4. The van der Waals surface area contributed by atoms with Gasteiger partial charge in [-0.15, -0.1) is 0 Å². The molecule has 104 heavy (non-hydrogen) atoms. The van der Waals surface area contributed by atoms with Gasteiger partial charge in [0.05, 0.1) is 26.4 Å². The van der Waals surface area contributed by atoms with Gasteiger partial charge in [-0.25, -0.2) is 19.2 Å². The van der Waals surface area contributed by atoms with Crippen molar-refractivity contribution in [3.05, 3.63) is 93.0 Å². The number of benzene rings is 4. The summed E-state index contributed by atoms with van der Waals surface area (Å²) in [7, 11) is 0. The van der Waals surface area contributed by atoms with Crippen molar-refractivity contribution >= 4 is 70.8 Å². The van der Waals surface area contributed by atoms with Crippen LogP contribution in [0, 0.1) is 0 Å². The minimum Gasteiger partial charge on any atom is -0.491 e. The van der Waals surface area contributed by atoms with E-state index in [0.717, 1.165) is 0 Å². The molecule has 0 aromatic heterocycles. The normalized spacial score (nSPS) is 13.4. The van der Waals surface area contributed by atoms with E-state index in [9.17, 15) is 38.4 Å². The fraction of sp³-hybridized carbons (Fsp3) is 0.579. The lowest BCUT2D eigenvalue weighted by atomic mass is 9.90. The summed E-state index contributed by atoms with van der Waals surface area (Å²) in [6.07, 6.45) is -3.56. The fourth-order valence-corrected chi connectivity index (χ4v) is 10.5. The quantitative estimate of drug-likeness (QED) is 0.0146. The summed E-state index contributed by atoms with van der Waals surface area (Å²) in [5.41, 5.74) is 1.18. The van der Waals surface area contributed by atoms with E-state index in [1.54, 1.807) is 132 Å². The molecular formula is C76H112N8O20. The Morgan fingerprint density at radius 3 is 0.606 bits per heavy atom. The number of fused-ring (bicyclic) bond motifs is 8. The summed E-state index contributed by atoms with van der Waals surface area (Å²) in [6, 6.07) is 9.26. The lowest BCUT2D eigenvalue weighted by Crippen LogP contribution is -2.44. The molecular weight excluding hydrogens is 1340 g/mol. The van der Waals surface area contributed by atoms with Gasteiger partial charge in [0.25, 0.3) is 0 Å². The van der Waals surface area contributed by atoms with E-state index in [-0.39, 0.29) is 101 Å². The first-order valence-electron chi connectivity index (χ1n) is 35.4. The molecule has 0 saturated heterocycles. The first-order chi connectivity index (χ1) is 48.8. The molecule has 4 atom stereocenters. The molecule has 0 aliphatic heterocycles. The maximum atomic E-state index is 14.5. The molecule has 4 unspecified atom stereocenters. The van der Waals surface area contributed by atoms with Gasteiger partial charge in [0.15, 0.2) is 0 Å². The van der Waals surface area contributed by atoms with Crippen LogP contribution in [0.4, 0.5) is 41.9 Å². The molecule has 0 spiro atoms. The lowest BCUT2D eigenvalue weighted by Gasteiger charge is -2.26. The minimum absolute atomic E-state index is 0.0228. The van der Waals surface area contributed by atoms with E-state index in [1.807, 2.05) is 27.7 Å². The second-order valence-corrected chi connectivity index (χ2v) is 28.8. The Balaban J connectivity index is 2.03. The van der Waals surface area contributed by atoms with Gasteiger partial charge in [0, 0.05) is 119 Å². The maximum Gasteiger partial charge on any atom is 0.408 e. The molecule has 4 aromatic rings. The molecule has 8 N–H and O–H groups in total. The largest absolute Gasteiger partial charge is 0.491 e. The maximum absolute atomic E-state index is 14.5. The van der Waals surface area contributed by atoms with Crippen molar-refractivity contribution < 1.29 is 95.2 Å². The summed E-state index contributed by atoms with van der Waals surface area (Å²) in [4.78, 5) is 111. The summed E-state index contributed by atoms with van der Waals surface area (Å²) < 4.78 is 73.2. The highest BCUT2D eigenvalue weighted by molar-refractivity contribution is 5.99. The summed E-state index contributed by atoms with van der Waals surface area (Å²) in [5, 5.41) is 22.6. The van der Waals surface area contributed by atoms with Crippen molar-refractivity contribution in [2.24, 2.45) is 0 Å². The van der Waals surface area contributed by atoms with Gasteiger partial charge >= 0.3 is 24.4 Å². The number of amides is 8. The van der Waals surface area contributed by atoms with Crippen LogP contribution >= 0.6 is 0 Å². The third kappa shape index (κ3) is 29.6. The Morgan fingerprint density at radius 2 is 0.462 bits per heavy atom. The van der Waals surface area contributed by atoms with Crippen molar-refractivity contribution in [1.29, 1.82) is 0 Å². The third-order valence-corrected chi connectivity index (χ3v) is 14.8. The Kier molecular flexibility index (Phi) is 32.6. The SMILES string of the molecule is CCOCCOc1c2cc(NC(=O)C(C)NC(=O)OC(C)(C)C)cc1Cc1cc(NC(=O)C(C)NC(=O)OC(C)(C)C)cc(c1OCCOCC)Cc1cc(NC(=O)C(C)NC(=O)OC(C)(C)C)cc(c1OCCOCC)Cc1cc(NC(=O)C(C)NC(=O)OC(C)(C)C)cc(c1OCCOCC)C2. The average molecular weight is 1460 g/mol. The molecule has 4 aromatic carbocycles. The van der Waals surface area contributed by atoms with Crippen molar-refractivity contribution in [3.63, 3.8) is 0 Å². The highest BCUT2D eigenvalue weighted by Crippen LogP contribution is 2.43. The highest BCUT2D eigenvalue weighted by Gasteiger charge is 2.31. The number of carbonyl (C=O) groups is 8. The summed E-state index contributed by atoms with van der Waals surface area (Å²) in [5.74, 6) is -1.15. The van der Waals surface area contributed by atoms with Crippen LogP contribution in [-0.2, 0) is 82.8 Å². The predicted molar refractivity (Wildman–Crippen MR) is 395 cm³/mol. The van der Waals surface area contributed by atoms with Gasteiger partial charge in [-0.1, -0.05) is 0 Å². The molecule has 28 heteroatoms. The number of hydrogen-bond donors (Lipinski definition) is 8. The van der Waals surface area contributed by atoms with Gasteiger partial charge in [-0.05, 0) is 187 Å². The van der Waals surface area contributed by atoms with Crippen molar-refractivity contribution in [1.82, 2.24) is 21.3 Å². The van der Waals surface area contributed by atoms with Crippen LogP contribution in [0.15, 0.2) is 48.5 Å². The Labute approximate surface area is 612 Å². The monoisotopic (exact) mass is 1460 g/mol. The van der Waals surface area contributed by atoms with Crippen LogP contribution in [0.5, 0.6) is 23.0 Å². The topological polar surface area (TPSA) is 344 Å². The van der Waals surface area contributed by atoms with Crippen LogP contribution < -0.4 is 61.5 Å². The van der Waals surface area contributed by atoms with Gasteiger partial charge in [0.1, 0.15) is 96.0 Å². The van der Waals surface area contributed by atoms with Crippen molar-refractivity contribution in [2.75, 3.05) is 101 Å². The highest BCUT2D eigenvalue weighted by atomic mass is 16.6. The number of rotatable bonds is 32. The first-order valence-corrected chi connectivity index (χ1v) is 35.4. The number of nitrogens with one attached hydrogen (secondary N) is 8. The zero-order chi connectivity index (χ0) is 77.3. The lowest BCUT2D eigenvalue weighted by molar-refractivity contribution is -0.118. The number of alkyl carbamates (subject to hydrolysis) is 4. The summed E-state index contributed by atoms with van der Waals surface area (Å²) in [6.45, 7) is 36.0. The van der Waals surface area contributed by atoms with Crippen molar-refractivity contribution in [3.8, 4) is 23.0 Å². The molecule has 5 rings (SSSR count). The average Bonchev–Trinajstić information content (AvgIpc) is 0.772. The van der Waals surface area contributed by atoms with E-state index < -0.39 is 94.6 Å². The van der Waals surface area contributed by atoms with E-state index in [4.69, 9.17) is 56.8 Å². The Bertz CT molecular complexity index is 3040. The van der Waals surface area contributed by atoms with Crippen LogP contribution in [0.25, 0.3) is 0 Å². The third-order valence-electron chi connectivity index (χ3n) is 14.8. The van der Waals surface area contributed by atoms with Gasteiger partial charge in [-0.2, -0.15) is 0 Å². The number of ether oxygens (including phenoxy) is 12. The molecule has 576 valence electrons. The van der Waals surface area contributed by atoms with Gasteiger partial charge in [0.2, 0.25) is 23.6 Å². The van der Waals surface area contributed by atoms with E-state index in [0.29, 0.717) is 93.9 Å². The molecule has 0 fully saturated rings. The Hall–Kier alpha value is -9.12. The molecule has 0 radical (unpaired) electrons. The molecule has 1 aliphatic rings. The Morgan fingerprint density at radius 1 is 0.298 bits per heavy atom. The molecule has 8 bridgehead atoms. The molecule has 28 nitrogen and oxygen atoms in total.